The van der Waals surface area contributed by atoms with Gasteiger partial charge in [0.1, 0.15) is 5.78 Å². The lowest BCUT2D eigenvalue weighted by Crippen LogP contribution is -2.42. The lowest BCUT2D eigenvalue weighted by atomic mass is 10.0. The van der Waals surface area contributed by atoms with E-state index >= 15 is 0 Å². The first-order chi connectivity index (χ1) is 8.24. The van der Waals surface area contributed by atoms with Gasteiger partial charge in [0.2, 0.25) is 0 Å². The van der Waals surface area contributed by atoms with E-state index in [0.717, 1.165) is 19.4 Å². The van der Waals surface area contributed by atoms with E-state index in [1.807, 2.05) is 6.07 Å². The summed E-state index contributed by atoms with van der Waals surface area (Å²) in [6.07, 6.45) is 3.92. The normalized spacial score (nSPS) is 28.6. The van der Waals surface area contributed by atoms with Gasteiger partial charge in [0.15, 0.2) is 0 Å². The van der Waals surface area contributed by atoms with Crippen LogP contribution >= 0.6 is 15.9 Å². The fraction of sp³-hybridized carbons (Fsp3) is 0.500. The molecule has 2 unspecified atom stereocenters. The molecular formula is C14H16BrNO. The zero-order chi connectivity index (χ0) is 11.8. The average Bonchev–Trinajstić information content (AvgIpc) is 2.56. The van der Waals surface area contributed by atoms with Crippen LogP contribution in [0.1, 0.15) is 31.2 Å². The molecule has 0 N–H and O–H groups in total. The summed E-state index contributed by atoms with van der Waals surface area (Å²) >= 11 is 3.60. The molecule has 2 fully saturated rings. The van der Waals surface area contributed by atoms with E-state index in [4.69, 9.17) is 0 Å². The van der Waals surface area contributed by atoms with Crippen molar-refractivity contribution in [1.82, 2.24) is 4.90 Å². The third kappa shape index (κ3) is 2.18. The first kappa shape index (κ1) is 11.4. The smallest absolute Gasteiger partial charge is 0.136 e. The van der Waals surface area contributed by atoms with Crippen LogP contribution in [0.5, 0.6) is 0 Å². The van der Waals surface area contributed by atoms with Gasteiger partial charge in [-0.05, 0) is 24.5 Å². The van der Waals surface area contributed by atoms with Crippen LogP contribution in [0.4, 0.5) is 0 Å². The molecule has 90 valence electrons. The molecule has 2 aliphatic heterocycles. The maximum absolute atomic E-state index is 11.6. The maximum atomic E-state index is 11.6. The molecule has 2 saturated heterocycles. The third-order valence-corrected chi connectivity index (χ3v) is 4.78. The van der Waals surface area contributed by atoms with Crippen LogP contribution < -0.4 is 0 Å². The van der Waals surface area contributed by atoms with Gasteiger partial charge in [-0.25, -0.2) is 0 Å². The number of nitrogens with zero attached hydrogens (tertiary/aromatic N) is 1. The van der Waals surface area contributed by atoms with E-state index < -0.39 is 0 Å². The number of ketones is 1. The van der Waals surface area contributed by atoms with Crippen molar-refractivity contribution in [1.29, 1.82) is 0 Å². The van der Waals surface area contributed by atoms with E-state index in [9.17, 15) is 4.79 Å². The Labute approximate surface area is 110 Å². The van der Waals surface area contributed by atoms with Crippen molar-refractivity contribution in [3.8, 4) is 0 Å². The molecule has 3 rings (SSSR count). The SMILES string of the molecule is O=C1CC2CCC(C1)N2Cc1ccccc1Br. The highest BCUT2D eigenvalue weighted by molar-refractivity contribution is 9.10. The molecule has 3 heteroatoms. The Morgan fingerprint density at radius 2 is 1.82 bits per heavy atom. The quantitative estimate of drug-likeness (QED) is 0.835. The molecule has 0 saturated carbocycles. The molecular weight excluding hydrogens is 278 g/mol. The summed E-state index contributed by atoms with van der Waals surface area (Å²) in [4.78, 5) is 14.1. The minimum Gasteiger partial charge on any atom is -0.300 e. The van der Waals surface area contributed by atoms with Gasteiger partial charge in [-0.15, -0.1) is 0 Å². The van der Waals surface area contributed by atoms with E-state index in [2.05, 4.69) is 39.0 Å². The Kier molecular flexibility index (Phi) is 3.05. The number of Topliss-reactive ketones (excluding diaryl/α,β-unsaturated/α-hetero) is 1. The molecule has 2 heterocycles. The Morgan fingerprint density at radius 3 is 2.47 bits per heavy atom. The molecule has 0 spiro atoms. The van der Waals surface area contributed by atoms with Gasteiger partial charge in [-0.2, -0.15) is 0 Å². The number of fused-ring (bicyclic) bond motifs is 2. The van der Waals surface area contributed by atoms with Crippen molar-refractivity contribution >= 4 is 21.7 Å². The molecule has 2 bridgehead atoms. The van der Waals surface area contributed by atoms with Crippen LogP contribution in [0.3, 0.4) is 0 Å². The molecule has 0 amide bonds. The second kappa shape index (κ2) is 4.54. The molecule has 1 aromatic rings. The number of carbonyl (C=O) groups excluding carboxylic acids is 1. The van der Waals surface area contributed by atoms with Crippen molar-refractivity contribution in [3.63, 3.8) is 0 Å². The van der Waals surface area contributed by atoms with Gasteiger partial charge in [0.25, 0.3) is 0 Å². The van der Waals surface area contributed by atoms with Gasteiger partial charge >= 0.3 is 0 Å². The number of piperidine rings is 1. The summed E-state index contributed by atoms with van der Waals surface area (Å²) in [5, 5.41) is 0. The van der Waals surface area contributed by atoms with Crippen LogP contribution in [0.25, 0.3) is 0 Å². The zero-order valence-corrected chi connectivity index (χ0v) is 11.3. The van der Waals surface area contributed by atoms with E-state index in [0.29, 0.717) is 17.9 Å². The number of carbonyl (C=O) groups is 1. The number of hydrogen-bond acceptors (Lipinski definition) is 2. The van der Waals surface area contributed by atoms with Crippen LogP contribution in [0.2, 0.25) is 0 Å². The Hall–Kier alpha value is -0.670. The monoisotopic (exact) mass is 293 g/mol. The van der Waals surface area contributed by atoms with Gasteiger partial charge in [-0.1, -0.05) is 34.1 Å². The number of benzene rings is 1. The Balaban J connectivity index is 1.79. The lowest BCUT2D eigenvalue weighted by Gasteiger charge is -2.34. The number of halogens is 1. The predicted molar refractivity (Wildman–Crippen MR) is 70.7 cm³/mol. The predicted octanol–water partition coefficient (Wildman–Crippen LogP) is 3.15. The van der Waals surface area contributed by atoms with Gasteiger partial charge in [0, 0.05) is 35.9 Å². The minimum absolute atomic E-state index is 0.459. The van der Waals surface area contributed by atoms with Crippen molar-refractivity contribution < 1.29 is 4.79 Å². The zero-order valence-electron chi connectivity index (χ0n) is 9.73. The molecule has 0 aliphatic carbocycles. The first-order valence-corrected chi connectivity index (χ1v) is 7.04. The maximum Gasteiger partial charge on any atom is 0.136 e. The highest BCUT2D eigenvalue weighted by Gasteiger charge is 2.39. The lowest BCUT2D eigenvalue weighted by molar-refractivity contribution is -0.123. The van der Waals surface area contributed by atoms with Crippen molar-refractivity contribution in [2.75, 3.05) is 0 Å². The largest absolute Gasteiger partial charge is 0.300 e. The van der Waals surface area contributed by atoms with E-state index in [1.165, 1.54) is 22.9 Å². The van der Waals surface area contributed by atoms with Crippen LogP contribution in [0, 0.1) is 0 Å². The van der Waals surface area contributed by atoms with E-state index in [1.54, 1.807) is 0 Å². The molecule has 0 radical (unpaired) electrons. The standard InChI is InChI=1S/C14H16BrNO/c15-14-4-2-1-3-10(14)9-16-11-5-6-12(16)8-13(17)7-11/h1-4,11-12H,5-9H2. The van der Waals surface area contributed by atoms with Crippen LogP contribution in [0.15, 0.2) is 28.7 Å². The van der Waals surface area contributed by atoms with Crippen LogP contribution in [-0.2, 0) is 11.3 Å². The van der Waals surface area contributed by atoms with Crippen molar-refractivity contribution in [3.05, 3.63) is 34.3 Å². The number of rotatable bonds is 2. The molecule has 2 aliphatic rings. The summed E-state index contributed by atoms with van der Waals surface area (Å²) in [6.45, 7) is 0.976. The molecule has 0 aromatic heterocycles. The summed E-state index contributed by atoms with van der Waals surface area (Å²) in [6, 6.07) is 9.37. The summed E-state index contributed by atoms with van der Waals surface area (Å²) in [5.41, 5.74) is 1.33. The second-order valence-corrected chi connectivity index (χ2v) is 5.95. The van der Waals surface area contributed by atoms with Gasteiger partial charge < -0.3 is 0 Å². The highest BCUT2D eigenvalue weighted by Crippen LogP contribution is 2.35. The molecule has 17 heavy (non-hydrogen) atoms. The average molecular weight is 294 g/mol. The van der Waals surface area contributed by atoms with Crippen molar-refractivity contribution in [2.45, 2.75) is 44.3 Å². The third-order valence-electron chi connectivity index (χ3n) is 4.01. The summed E-state index contributed by atoms with van der Waals surface area (Å²) in [7, 11) is 0. The second-order valence-electron chi connectivity index (χ2n) is 5.10. The Morgan fingerprint density at radius 1 is 1.18 bits per heavy atom. The topological polar surface area (TPSA) is 20.3 Å². The summed E-state index contributed by atoms with van der Waals surface area (Å²) in [5.74, 6) is 0.459. The fourth-order valence-electron chi connectivity index (χ4n) is 3.14. The number of hydrogen-bond donors (Lipinski definition) is 0. The minimum atomic E-state index is 0.459. The molecule has 1 aromatic carbocycles. The van der Waals surface area contributed by atoms with Gasteiger partial charge in [0.05, 0.1) is 0 Å². The van der Waals surface area contributed by atoms with Crippen LogP contribution in [-0.4, -0.2) is 22.8 Å². The van der Waals surface area contributed by atoms with E-state index in [-0.39, 0.29) is 0 Å². The first-order valence-electron chi connectivity index (χ1n) is 6.25. The summed E-state index contributed by atoms with van der Waals surface area (Å²) < 4.78 is 1.18. The Bertz CT molecular complexity index is 430. The molecule has 2 atom stereocenters. The van der Waals surface area contributed by atoms with Crippen molar-refractivity contribution in [2.24, 2.45) is 0 Å². The highest BCUT2D eigenvalue weighted by atomic mass is 79.9. The van der Waals surface area contributed by atoms with Gasteiger partial charge in [-0.3, -0.25) is 9.69 Å². The fourth-order valence-corrected chi connectivity index (χ4v) is 3.55. The molecule has 2 nitrogen and oxygen atoms in total.